The van der Waals surface area contributed by atoms with E-state index >= 15 is 0 Å². The molecule has 3 heterocycles. The third-order valence-corrected chi connectivity index (χ3v) is 4.82. The van der Waals surface area contributed by atoms with Crippen molar-refractivity contribution in [3.63, 3.8) is 0 Å². The van der Waals surface area contributed by atoms with Crippen LogP contribution in [0, 0.1) is 17.8 Å². The van der Waals surface area contributed by atoms with Crippen LogP contribution in [-0.2, 0) is 4.79 Å². The molecule has 5 heteroatoms. The topological polar surface area (TPSA) is 56.4 Å². The van der Waals surface area contributed by atoms with Gasteiger partial charge in [0.2, 0.25) is 5.91 Å². The Labute approximate surface area is 117 Å². The molecule has 1 aliphatic carbocycles. The number of aromatic amines is 1. The summed E-state index contributed by atoms with van der Waals surface area (Å²) in [6.07, 6.45) is 4.31. The minimum Gasteiger partial charge on any atom is -0.357 e. The van der Waals surface area contributed by atoms with Gasteiger partial charge in [-0.3, -0.25) is 9.59 Å². The second kappa shape index (κ2) is 4.36. The SMILES string of the molecule is O=C(c1ccc[nH]1)N1C[C@@H]2CN(CC3CC3)C(=O)[C@@H]2C1. The number of aromatic nitrogens is 1. The fourth-order valence-electron chi connectivity index (χ4n) is 3.52. The smallest absolute Gasteiger partial charge is 0.270 e. The molecule has 0 spiro atoms. The fraction of sp³-hybridized carbons (Fsp3) is 0.600. The molecule has 1 aromatic rings. The van der Waals surface area contributed by atoms with Crippen molar-refractivity contribution in [2.45, 2.75) is 12.8 Å². The summed E-state index contributed by atoms with van der Waals surface area (Å²) in [6.45, 7) is 3.09. The fourth-order valence-corrected chi connectivity index (χ4v) is 3.52. The van der Waals surface area contributed by atoms with Gasteiger partial charge in [-0.1, -0.05) is 0 Å². The van der Waals surface area contributed by atoms with Crippen molar-refractivity contribution in [3.8, 4) is 0 Å². The Morgan fingerprint density at radius 2 is 2.15 bits per heavy atom. The Bertz CT molecular complexity index is 535. The lowest BCUT2D eigenvalue weighted by atomic mass is 10.0. The molecule has 0 aromatic carbocycles. The van der Waals surface area contributed by atoms with E-state index in [1.54, 1.807) is 12.3 Å². The van der Waals surface area contributed by atoms with Crippen LogP contribution in [-0.4, -0.2) is 52.8 Å². The Kier molecular flexibility index (Phi) is 2.62. The lowest BCUT2D eigenvalue weighted by molar-refractivity contribution is -0.131. The minimum absolute atomic E-state index is 0.0194. The molecule has 0 unspecified atom stereocenters. The molecule has 1 aromatic heterocycles. The van der Waals surface area contributed by atoms with E-state index in [2.05, 4.69) is 4.98 Å². The van der Waals surface area contributed by atoms with Crippen LogP contribution in [0.5, 0.6) is 0 Å². The number of likely N-dealkylation sites (tertiary alicyclic amines) is 2. The highest BCUT2D eigenvalue weighted by molar-refractivity contribution is 5.93. The Morgan fingerprint density at radius 3 is 2.80 bits per heavy atom. The van der Waals surface area contributed by atoms with E-state index in [0.717, 1.165) is 25.6 Å². The van der Waals surface area contributed by atoms with Crippen molar-refractivity contribution in [2.24, 2.45) is 17.8 Å². The van der Waals surface area contributed by atoms with Gasteiger partial charge in [0.05, 0.1) is 5.92 Å². The summed E-state index contributed by atoms with van der Waals surface area (Å²) in [5.74, 6) is 1.40. The van der Waals surface area contributed by atoms with Gasteiger partial charge in [-0.25, -0.2) is 0 Å². The van der Waals surface area contributed by atoms with Crippen molar-refractivity contribution in [3.05, 3.63) is 24.0 Å². The van der Waals surface area contributed by atoms with Crippen molar-refractivity contribution in [1.82, 2.24) is 14.8 Å². The van der Waals surface area contributed by atoms with Gasteiger partial charge in [-0.2, -0.15) is 0 Å². The summed E-state index contributed by atoms with van der Waals surface area (Å²) < 4.78 is 0. The van der Waals surface area contributed by atoms with E-state index < -0.39 is 0 Å². The molecule has 0 radical (unpaired) electrons. The number of carbonyl (C=O) groups excluding carboxylic acids is 2. The summed E-state index contributed by atoms with van der Waals surface area (Å²) in [5.41, 5.74) is 0.618. The number of rotatable bonds is 3. The van der Waals surface area contributed by atoms with Crippen LogP contribution in [0.3, 0.4) is 0 Å². The first-order valence-corrected chi connectivity index (χ1v) is 7.44. The molecule has 20 heavy (non-hydrogen) atoms. The second-order valence-corrected chi connectivity index (χ2v) is 6.35. The van der Waals surface area contributed by atoms with Crippen LogP contribution in [0.2, 0.25) is 0 Å². The third-order valence-electron chi connectivity index (χ3n) is 4.82. The van der Waals surface area contributed by atoms with Gasteiger partial charge in [0.1, 0.15) is 5.69 Å². The molecule has 106 valence electrons. The summed E-state index contributed by atoms with van der Waals surface area (Å²) in [5, 5.41) is 0. The number of carbonyl (C=O) groups is 2. The molecule has 2 saturated heterocycles. The largest absolute Gasteiger partial charge is 0.357 e. The molecule has 1 N–H and O–H groups in total. The molecule has 3 aliphatic rings. The highest BCUT2D eigenvalue weighted by atomic mass is 16.2. The number of fused-ring (bicyclic) bond motifs is 1. The third kappa shape index (κ3) is 1.92. The number of hydrogen-bond acceptors (Lipinski definition) is 2. The van der Waals surface area contributed by atoms with Gasteiger partial charge in [0.25, 0.3) is 5.91 Å². The molecule has 5 nitrogen and oxygen atoms in total. The molecule has 1 saturated carbocycles. The number of nitrogens with zero attached hydrogens (tertiary/aromatic N) is 2. The van der Waals surface area contributed by atoms with E-state index in [9.17, 15) is 9.59 Å². The van der Waals surface area contributed by atoms with Gasteiger partial charge in [-0.15, -0.1) is 0 Å². The summed E-state index contributed by atoms with van der Waals surface area (Å²) in [7, 11) is 0. The Balaban J connectivity index is 1.42. The van der Waals surface area contributed by atoms with Crippen molar-refractivity contribution in [1.29, 1.82) is 0 Å². The van der Waals surface area contributed by atoms with Crippen LogP contribution >= 0.6 is 0 Å². The Morgan fingerprint density at radius 1 is 1.30 bits per heavy atom. The van der Waals surface area contributed by atoms with E-state index in [1.807, 2.05) is 15.9 Å². The van der Waals surface area contributed by atoms with Crippen LogP contribution in [0.1, 0.15) is 23.3 Å². The predicted molar refractivity (Wildman–Crippen MR) is 73.0 cm³/mol. The first-order chi connectivity index (χ1) is 9.72. The standard InChI is InChI=1S/C15H19N3O2/c19-14-12-9-18(15(20)13-2-1-5-16-13)8-11(12)7-17(14)6-10-3-4-10/h1-2,5,10-12,16H,3-4,6-9H2/t11-,12+/m0/s1. The Hall–Kier alpha value is -1.78. The molecule has 4 rings (SSSR count). The van der Waals surface area contributed by atoms with Gasteiger partial charge in [0.15, 0.2) is 0 Å². The maximum absolute atomic E-state index is 12.4. The monoisotopic (exact) mass is 273 g/mol. The van der Waals surface area contributed by atoms with Gasteiger partial charge < -0.3 is 14.8 Å². The van der Waals surface area contributed by atoms with E-state index in [0.29, 0.717) is 18.2 Å². The van der Waals surface area contributed by atoms with E-state index in [-0.39, 0.29) is 17.7 Å². The zero-order chi connectivity index (χ0) is 13.7. The highest BCUT2D eigenvalue weighted by Crippen LogP contribution is 2.36. The first kappa shape index (κ1) is 12.0. The average Bonchev–Trinajstić information content (AvgIpc) is 2.89. The quantitative estimate of drug-likeness (QED) is 0.891. The van der Waals surface area contributed by atoms with Crippen molar-refractivity contribution in [2.75, 3.05) is 26.2 Å². The second-order valence-electron chi connectivity index (χ2n) is 6.35. The molecule has 2 aliphatic heterocycles. The van der Waals surface area contributed by atoms with Crippen molar-refractivity contribution >= 4 is 11.8 Å². The van der Waals surface area contributed by atoms with Gasteiger partial charge in [-0.05, 0) is 30.9 Å². The van der Waals surface area contributed by atoms with Gasteiger partial charge in [0, 0.05) is 38.3 Å². The lowest BCUT2D eigenvalue weighted by Gasteiger charge is -2.21. The number of nitrogens with one attached hydrogen (secondary N) is 1. The maximum Gasteiger partial charge on any atom is 0.270 e. The number of H-pyrrole nitrogens is 1. The highest BCUT2D eigenvalue weighted by Gasteiger charge is 2.48. The van der Waals surface area contributed by atoms with Crippen LogP contribution in [0.4, 0.5) is 0 Å². The van der Waals surface area contributed by atoms with Crippen molar-refractivity contribution < 1.29 is 9.59 Å². The molecule has 0 bridgehead atoms. The average molecular weight is 273 g/mol. The molecular formula is C15H19N3O2. The summed E-state index contributed by atoms with van der Waals surface area (Å²) in [6, 6.07) is 3.62. The van der Waals surface area contributed by atoms with Crippen LogP contribution in [0.15, 0.2) is 18.3 Å². The van der Waals surface area contributed by atoms with Crippen LogP contribution < -0.4 is 0 Å². The lowest BCUT2D eigenvalue weighted by Crippen LogP contribution is -2.36. The van der Waals surface area contributed by atoms with E-state index in [1.165, 1.54) is 12.8 Å². The zero-order valence-electron chi connectivity index (χ0n) is 11.4. The minimum atomic E-state index is 0.0194. The number of hydrogen-bond donors (Lipinski definition) is 1. The molecule has 2 atom stereocenters. The predicted octanol–water partition coefficient (Wildman–Crippen LogP) is 0.955. The first-order valence-electron chi connectivity index (χ1n) is 7.44. The van der Waals surface area contributed by atoms with Gasteiger partial charge >= 0.3 is 0 Å². The van der Waals surface area contributed by atoms with Crippen LogP contribution in [0.25, 0.3) is 0 Å². The number of amides is 2. The van der Waals surface area contributed by atoms with E-state index in [4.69, 9.17) is 0 Å². The summed E-state index contributed by atoms with van der Waals surface area (Å²) in [4.78, 5) is 31.5. The molecular weight excluding hydrogens is 254 g/mol. The normalized spacial score (nSPS) is 29.1. The summed E-state index contributed by atoms with van der Waals surface area (Å²) >= 11 is 0. The molecule has 2 amide bonds. The molecule has 3 fully saturated rings. The maximum atomic E-state index is 12.4. The zero-order valence-corrected chi connectivity index (χ0v) is 11.4.